The van der Waals surface area contributed by atoms with E-state index in [1.807, 2.05) is 0 Å². The number of allylic oxidation sites excluding steroid dienone is 10. The SMILES string of the molecule is CCCC/C=C\C/C=C\CCCCCCCC(=O)OC(COC(=O)CCCCCCCCCCCCC)COC(=O)CCCCCCCCCCCC/C=C\C/C=C\C/C=C\CCCCCCC. The molecule has 0 saturated carbocycles. The van der Waals surface area contributed by atoms with E-state index < -0.39 is 6.10 Å². The second-order valence-electron chi connectivity index (χ2n) is 19.6. The number of esters is 3. The molecule has 0 aromatic carbocycles. The van der Waals surface area contributed by atoms with Crippen LogP contribution in [0.5, 0.6) is 0 Å². The molecular formula is C62H110O6. The fourth-order valence-electron chi connectivity index (χ4n) is 8.29. The van der Waals surface area contributed by atoms with Crippen molar-refractivity contribution in [2.75, 3.05) is 13.2 Å². The van der Waals surface area contributed by atoms with Gasteiger partial charge in [-0.15, -0.1) is 0 Å². The zero-order valence-electron chi connectivity index (χ0n) is 45.1. The molecule has 0 N–H and O–H groups in total. The van der Waals surface area contributed by atoms with Gasteiger partial charge in [-0.05, 0) is 83.5 Å². The lowest BCUT2D eigenvalue weighted by molar-refractivity contribution is -0.167. The predicted molar refractivity (Wildman–Crippen MR) is 293 cm³/mol. The molecule has 0 aliphatic heterocycles. The van der Waals surface area contributed by atoms with Crippen molar-refractivity contribution < 1.29 is 28.6 Å². The van der Waals surface area contributed by atoms with Crippen molar-refractivity contribution >= 4 is 17.9 Å². The van der Waals surface area contributed by atoms with Crippen LogP contribution in [0.2, 0.25) is 0 Å². The first-order valence-electron chi connectivity index (χ1n) is 29.3. The molecule has 1 atom stereocenters. The van der Waals surface area contributed by atoms with Crippen LogP contribution in [-0.2, 0) is 28.6 Å². The molecule has 6 heteroatoms. The van der Waals surface area contributed by atoms with Crippen molar-refractivity contribution in [2.24, 2.45) is 0 Å². The number of rotatable bonds is 53. The maximum atomic E-state index is 12.8. The van der Waals surface area contributed by atoms with E-state index in [-0.39, 0.29) is 31.1 Å². The molecule has 6 nitrogen and oxygen atoms in total. The van der Waals surface area contributed by atoms with Gasteiger partial charge in [-0.2, -0.15) is 0 Å². The van der Waals surface area contributed by atoms with E-state index in [2.05, 4.69) is 81.5 Å². The minimum absolute atomic E-state index is 0.0787. The van der Waals surface area contributed by atoms with Gasteiger partial charge in [0.1, 0.15) is 13.2 Å². The summed E-state index contributed by atoms with van der Waals surface area (Å²) in [5, 5.41) is 0. The maximum absolute atomic E-state index is 12.8. The van der Waals surface area contributed by atoms with Crippen LogP contribution in [0.15, 0.2) is 60.8 Å². The molecule has 0 fully saturated rings. The first-order valence-corrected chi connectivity index (χ1v) is 29.3. The Morgan fingerprint density at radius 1 is 0.294 bits per heavy atom. The quantitative estimate of drug-likeness (QED) is 0.0262. The van der Waals surface area contributed by atoms with Crippen molar-refractivity contribution in [3.05, 3.63) is 60.8 Å². The molecule has 68 heavy (non-hydrogen) atoms. The van der Waals surface area contributed by atoms with Gasteiger partial charge in [0.15, 0.2) is 6.10 Å². The van der Waals surface area contributed by atoms with Crippen molar-refractivity contribution in [1.82, 2.24) is 0 Å². The van der Waals surface area contributed by atoms with Crippen LogP contribution in [0.25, 0.3) is 0 Å². The molecule has 0 aliphatic rings. The van der Waals surface area contributed by atoms with Crippen LogP contribution in [0.4, 0.5) is 0 Å². The molecule has 0 spiro atoms. The lowest BCUT2D eigenvalue weighted by Crippen LogP contribution is -2.30. The Morgan fingerprint density at radius 3 is 0.868 bits per heavy atom. The third-order valence-corrected chi connectivity index (χ3v) is 12.7. The largest absolute Gasteiger partial charge is 0.462 e. The van der Waals surface area contributed by atoms with E-state index in [1.54, 1.807) is 0 Å². The predicted octanol–water partition coefficient (Wildman–Crippen LogP) is 19.6. The summed E-state index contributed by atoms with van der Waals surface area (Å²) in [6, 6.07) is 0. The number of unbranched alkanes of at least 4 members (excludes halogenated alkanes) is 32. The normalized spacial score (nSPS) is 12.5. The Hall–Kier alpha value is -2.89. The van der Waals surface area contributed by atoms with Crippen LogP contribution in [0, 0.1) is 0 Å². The summed E-state index contributed by atoms with van der Waals surface area (Å²) in [5.41, 5.74) is 0. The van der Waals surface area contributed by atoms with Crippen molar-refractivity contribution in [3.8, 4) is 0 Å². The van der Waals surface area contributed by atoms with Crippen LogP contribution in [0.1, 0.15) is 297 Å². The standard InChI is InChI=1S/C62H110O6/c1-4-7-10-13-16-19-22-24-26-27-28-29-30-31-32-33-34-35-36-38-40-43-46-49-52-55-61(64)67-58-59(57-66-60(63)54-51-48-45-42-39-21-18-15-12-9-6-3)68-62(65)56-53-50-47-44-41-37-25-23-20-17-14-11-8-5-2/h14,17,22-25,27-28,30-31,59H,4-13,15-16,18-21,26,29,32-58H2,1-3H3/b17-14-,24-22-,25-23-,28-27-,31-30-. The zero-order valence-corrected chi connectivity index (χ0v) is 45.1. The van der Waals surface area contributed by atoms with E-state index in [0.717, 1.165) is 96.3 Å². The van der Waals surface area contributed by atoms with E-state index in [4.69, 9.17) is 14.2 Å². The summed E-state index contributed by atoms with van der Waals surface area (Å²) in [5.74, 6) is -0.888. The second-order valence-corrected chi connectivity index (χ2v) is 19.6. The van der Waals surface area contributed by atoms with Gasteiger partial charge in [0.25, 0.3) is 0 Å². The Labute approximate surface area is 421 Å². The van der Waals surface area contributed by atoms with E-state index in [9.17, 15) is 14.4 Å². The average Bonchev–Trinajstić information content (AvgIpc) is 3.34. The highest BCUT2D eigenvalue weighted by Gasteiger charge is 2.19. The monoisotopic (exact) mass is 951 g/mol. The summed E-state index contributed by atoms with van der Waals surface area (Å²) in [7, 11) is 0. The topological polar surface area (TPSA) is 78.9 Å². The van der Waals surface area contributed by atoms with Gasteiger partial charge in [-0.1, -0.05) is 255 Å². The van der Waals surface area contributed by atoms with Crippen molar-refractivity contribution in [1.29, 1.82) is 0 Å². The molecule has 0 radical (unpaired) electrons. The van der Waals surface area contributed by atoms with Crippen LogP contribution in [-0.4, -0.2) is 37.2 Å². The molecule has 0 aromatic heterocycles. The average molecular weight is 952 g/mol. The van der Waals surface area contributed by atoms with Crippen LogP contribution >= 0.6 is 0 Å². The van der Waals surface area contributed by atoms with Gasteiger partial charge in [-0.3, -0.25) is 14.4 Å². The van der Waals surface area contributed by atoms with E-state index in [1.165, 1.54) is 161 Å². The van der Waals surface area contributed by atoms with Gasteiger partial charge in [0.05, 0.1) is 0 Å². The number of carbonyl (C=O) groups is 3. The third kappa shape index (κ3) is 54.1. The molecule has 1 unspecified atom stereocenters. The summed E-state index contributed by atoms with van der Waals surface area (Å²) in [6.45, 7) is 6.59. The highest BCUT2D eigenvalue weighted by Crippen LogP contribution is 2.16. The Balaban J connectivity index is 4.26. The van der Waals surface area contributed by atoms with E-state index >= 15 is 0 Å². The number of hydrogen-bond donors (Lipinski definition) is 0. The molecule has 394 valence electrons. The minimum Gasteiger partial charge on any atom is -0.462 e. The van der Waals surface area contributed by atoms with Crippen molar-refractivity contribution in [2.45, 2.75) is 303 Å². The zero-order chi connectivity index (χ0) is 49.3. The Morgan fingerprint density at radius 2 is 0.544 bits per heavy atom. The highest BCUT2D eigenvalue weighted by molar-refractivity contribution is 5.71. The second kappa shape index (κ2) is 56.7. The third-order valence-electron chi connectivity index (χ3n) is 12.7. The van der Waals surface area contributed by atoms with Gasteiger partial charge in [-0.25, -0.2) is 0 Å². The Bertz CT molecular complexity index is 1230. The smallest absolute Gasteiger partial charge is 0.306 e. The van der Waals surface area contributed by atoms with Gasteiger partial charge >= 0.3 is 17.9 Å². The first-order chi connectivity index (χ1) is 33.5. The highest BCUT2D eigenvalue weighted by atomic mass is 16.6. The van der Waals surface area contributed by atoms with Crippen molar-refractivity contribution in [3.63, 3.8) is 0 Å². The summed E-state index contributed by atoms with van der Waals surface area (Å²) in [6.07, 6.45) is 70.7. The molecule has 0 aliphatic carbocycles. The van der Waals surface area contributed by atoms with Gasteiger partial charge < -0.3 is 14.2 Å². The molecule has 0 rings (SSSR count). The summed E-state index contributed by atoms with van der Waals surface area (Å²) in [4.78, 5) is 38.1. The van der Waals surface area contributed by atoms with Crippen LogP contribution in [0.3, 0.4) is 0 Å². The Kier molecular flexibility index (Phi) is 54.3. The lowest BCUT2D eigenvalue weighted by Gasteiger charge is -2.18. The summed E-state index contributed by atoms with van der Waals surface area (Å²) < 4.78 is 16.8. The minimum atomic E-state index is -0.781. The van der Waals surface area contributed by atoms with Gasteiger partial charge in [0, 0.05) is 19.3 Å². The molecule has 0 heterocycles. The molecule has 0 saturated heterocycles. The maximum Gasteiger partial charge on any atom is 0.306 e. The summed E-state index contributed by atoms with van der Waals surface area (Å²) >= 11 is 0. The number of hydrogen-bond acceptors (Lipinski definition) is 6. The number of ether oxygens (including phenoxy) is 3. The molecule has 0 aromatic rings. The molecular weight excluding hydrogens is 841 g/mol. The van der Waals surface area contributed by atoms with Crippen LogP contribution < -0.4 is 0 Å². The first kappa shape index (κ1) is 65.1. The molecule has 0 amide bonds. The molecule has 0 bridgehead atoms. The lowest BCUT2D eigenvalue weighted by atomic mass is 10.1. The fraction of sp³-hybridized carbons (Fsp3) is 0.790. The van der Waals surface area contributed by atoms with E-state index in [0.29, 0.717) is 19.3 Å². The fourth-order valence-corrected chi connectivity index (χ4v) is 8.29. The number of carbonyl (C=O) groups excluding carboxylic acids is 3. The van der Waals surface area contributed by atoms with Gasteiger partial charge in [0.2, 0.25) is 0 Å².